The molecule has 0 bridgehead atoms. The molecule has 0 unspecified atom stereocenters. The molecule has 3 heterocycles. The van der Waals surface area contributed by atoms with E-state index in [1.165, 1.54) is 16.8 Å². The van der Waals surface area contributed by atoms with Crippen molar-refractivity contribution in [1.29, 1.82) is 0 Å². The topological polar surface area (TPSA) is 77.6 Å². The summed E-state index contributed by atoms with van der Waals surface area (Å²) in [5, 5.41) is 11.1. The van der Waals surface area contributed by atoms with Gasteiger partial charge in [-0.1, -0.05) is 6.07 Å². The van der Waals surface area contributed by atoms with E-state index >= 15 is 0 Å². The second-order valence-corrected chi connectivity index (χ2v) is 5.42. The fourth-order valence-corrected chi connectivity index (χ4v) is 2.49. The Morgan fingerprint density at radius 2 is 1.96 bits per heavy atom. The third-order valence-corrected chi connectivity index (χ3v) is 3.69. The van der Waals surface area contributed by atoms with Gasteiger partial charge in [-0.05, 0) is 36.4 Å². The number of aromatic nitrogens is 5. The Hall–Kier alpha value is -3.81. The molecule has 0 fully saturated rings. The normalized spacial score (nSPS) is 10.7. The Morgan fingerprint density at radius 1 is 1.04 bits per heavy atom. The van der Waals surface area contributed by atoms with E-state index in [9.17, 15) is 9.18 Å². The van der Waals surface area contributed by atoms with Gasteiger partial charge in [-0.2, -0.15) is 10.2 Å². The van der Waals surface area contributed by atoms with Crippen LogP contribution in [0.5, 0.6) is 0 Å². The lowest BCUT2D eigenvalue weighted by molar-refractivity contribution is 0.102. The molecule has 3 aromatic heterocycles. The van der Waals surface area contributed by atoms with Crippen LogP contribution in [0.1, 0.15) is 10.5 Å². The van der Waals surface area contributed by atoms with Gasteiger partial charge in [0.2, 0.25) is 0 Å². The molecule has 0 saturated heterocycles. The van der Waals surface area contributed by atoms with Crippen molar-refractivity contribution in [3.8, 4) is 11.4 Å². The average molecular weight is 348 g/mol. The predicted octanol–water partition coefficient (Wildman–Crippen LogP) is 2.84. The third-order valence-electron chi connectivity index (χ3n) is 3.69. The van der Waals surface area contributed by atoms with Crippen LogP contribution in [0.25, 0.3) is 11.4 Å². The smallest absolute Gasteiger partial charge is 0.276 e. The minimum Gasteiger partial charge on any atom is -0.317 e. The molecule has 1 amide bonds. The molecule has 128 valence electrons. The highest BCUT2D eigenvalue weighted by atomic mass is 19.1. The molecule has 0 aliphatic carbocycles. The molecule has 4 rings (SSSR count). The van der Waals surface area contributed by atoms with E-state index in [0.717, 1.165) is 0 Å². The van der Waals surface area contributed by atoms with E-state index in [4.69, 9.17) is 0 Å². The van der Waals surface area contributed by atoms with Crippen molar-refractivity contribution in [3.05, 3.63) is 85.0 Å². The van der Waals surface area contributed by atoms with Crippen molar-refractivity contribution in [2.24, 2.45) is 0 Å². The number of hydrogen-bond acceptors (Lipinski definition) is 4. The van der Waals surface area contributed by atoms with Crippen molar-refractivity contribution in [2.45, 2.75) is 0 Å². The molecular formula is C18H13FN6O. The zero-order valence-corrected chi connectivity index (χ0v) is 13.5. The van der Waals surface area contributed by atoms with Crippen LogP contribution in [0.2, 0.25) is 0 Å². The molecule has 1 aromatic carbocycles. The summed E-state index contributed by atoms with van der Waals surface area (Å²) in [7, 11) is 0. The summed E-state index contributed by atoms with van der Waals surface area (Å²) >= 11 is 0. The van der Waals surface area contributed by atoms with Gasteiger partial charge in [0.15, 0.2) is 5.69 Å². The van der Waals surface area contributed by atoms with Gasteiger partial charge in [-0.25, -0.2) is 13.8 Å². The first-order chi connectivity index (χ1) is 12.7. The summed E-state index contributed by atoms with van der Waals surface area (Å²) in [6, 6.07) is 11.1. The maximum absolute atomic E-state index is 13.3. The molecule has 26 heavy (non-hydrogen) atoms. The summed E-state index contributed by atoms with van der Waals surface area (Å²) in [6.07, 6.45) is 8.17. The van der Waals surface area contributed by atoms with Crippen molar-refractivity contribution in [2.75, 3.05) is 5.32 Å². The van der Waals surface area contributed by atoms with Crippen LogP contribution in [0.3, 0.4) is 0 Å². The van der Waals surface area contributed by atoms with Crippen molar-refractivity contribution >= 4 is 11.6 Å². The van der Waals surface area contributed by atoms with Crippen molar-refractivity contribution in [3.63, 3.8) is 0 Å². The highest BCUT2D eigenvalue weighted by Crippen LogP contribution is 2.18. The van der Waals surface area contributed by atoms with Crippen LogP contribution >= 0.6 is 0 Å². The number of nitrogens with zero attached hydrogens (tertiary/aromatic N) is 5. The maximum atomic E-state index is 13.3. The SMILES string of the molecule is O=C(Nc1cnccc1-n1cccn1)c1ccn(-c2cccc(F)c2)n1. The summed E-state index contributed by atoms with van der Waals surface area (Å²) in [5.74, 6) is -0.773. The Kier molecular flexibility index (Phi) is 3.98. The van der Waals surface area contributed by atoms with E-state index in [1.54, 1.807) is 66.0 Å². The van der Waals surface area contributed by atoms with Gasteiger partial charge in [0.25, 0.3) is 5.91 Å². The summed E-state index contributed by atoms with van der Waals surface area (Å²) in [5.41, 5.74) is 1.91. The van der Waals surface area contributed by atoms with E-state index in [-0.39, 0.29) is 11.5 Å². The summed E-state index contributed by atoms with van der Waals surface area (Å²) in [4.78, 5) is 16.6. The van der Waals surface area contributed by atoms with Gasteiger partial charge in [0.05, 0.1) is 23.3 Å². The summed E-state index contributed by atoms with van der Waals surface area (Å²) in [6.45, 7) is 0. The highest BCUT2D eigenvalue weighted by Gasteiger charge is 2.14. The predicted molar refractivity (Wildman–Crippen MR) is 92.8 cm³/mol. The van der Waals surface area contributed by atoms with Gasteiger partial charge in [-0.3, -0.25) is 9.78 Å². The Labute approximate surface area is 147 Å². The third kappa shape index (κ3) is 3.07. The summed E-state index contributed by atoms with van der Waals surface area (Å²) < 4.78 is 16.4. The molecule has 7 nitrogen and oxygen atoms in total. The van der Waals surface area contributed by atoms with Crippen molar-refractivity contribution in [1.82, 2.24) is 24.5 Å². The molecular weight excluding hydrogens is 335 g/mol. The number of anilines is 1. The van der Waals surface area contributed by atoms with Gasteiger partial charge in [0, 0.05) is 24.8 Å². The Balaban J connectivity index is 1.59. The zero-order valence-electron chi connectivity index (χ0n) is 13.5. The minimum atomic E-state index is -0.401. The van der Waals surface area contributed by atoms with Crippen LogP contribution in [0.15, 0.2) is 73.4 Å². The number of carbonyl (C=O) groups excluding carboxylic acids is 1. The first-order valence-corrected chi connectivity index (χ1v) is 7.78. The fourth-order valence-electron chi connectivity index (χ4n) is 2.49. The van der Waals surface area contributed by atoms with Crippen molar-refractivity contribution < 1.29 is 9.18 Å². The number of rotatable bonds is 4. The highest BCUT2D eigenvalue weighted by molar-refractivity contribution is 6.03. The van der Waals surface area contributed by atoms with Gasteiger partial charge >= 0.3 is 0 Å². The maximum Gasteiger partial charge on any atom is 0.276 e. The number of halogens is 1. The number of benzene rings is 1. The number of hydrogen-bond donors (Lipinski definition) is 1. The lowest BCUT2D eigenvalue weighted by Crippen LogP contribution is -2.15. The monoisotopic (exact) mass is 348 g/mol. The first-order valence-electron chi connectivity index (χ1n) is 7.78. The second kappa shape index (κ2) is 6.60. The Bertz CT molecular complexity index is 1060. The molecule has 1 N–H and O–H groups in total. The van der Waals surface area contributed by atoms with E-state index in [1.807, 2.05) is 0 Å². The molecule has 0 aliphatic heterocycles. The molecule has 0 aliphatic rings. The van der Waals surface area contributed by atoms with Crippen LogP contribution in [0.4, 0.5) is 10.1 Å². The number of amides is 1. The average Bonchev–Trinajstić information content (AvgIpc) is 3.34. The second-order valence-electron chi connectivity index (χ2n) is 5.42. The van der Waals surface area contributed by atoms with E-state index < -0.39 is 5.91 Å². The van der Waals surface area contributed by atoms with Gasteiger partial charge in [0.1, 0.15) is 5.82 Å². The van der Waals surface area contributed by atoms with E-state index in [0.29, 0.717) is 17.1 Å². The number of nitrogens with one attached hydrogen (secondary N) is 1. The van der Waals surface area contributed by atoms with Crippen LogP contribution < -0.4 is 5.32 Å². The fraction of sp³-hybridized carbons (Fsp3) is 0. The molecule has 8 heteroatoms. The van der Waals surface area contributed by atoms with E-state index in [2.05, 4.69) is 20.5 Å². The Morgan fingerprint density at radius 3 is 2.77 bits per heavy atom. The lowest BCUT2D eigenvalue weighted by Gasteiger charge is -2.09. The largest absolute Gasteiger partial charge is 0.317 e. The quantitative estimate of drug-likeness (QED) is 0.615. The van der Waals surface area contributed by atoms with Crippen LogP contribution in [-0.4, -0.2) is 30.5 Å². The molecule has 0 spiro atoms. The van der Waals surface area contributed by atoms with Crippen LogP contribution in [-0.2, 0) is 0 Å². The number of pyridine rings is 1. The zero-order chi connectivity index (χ0) is 17.9. The van der Waals surface area contributed by atoms with Gasteiger partial charge in [-0.15, -0.1) is 0 Å². The molecule has 0 atom stereocenters. The minimum absolute atomic E-state index is 0.199. The van der Waals surface area contributed by atoms with Crippen LogP contribution in [0, 0.1) is 5.82 Å². The first kappa shape index (κ1) is 15.7. The molecule has 0 saturated carbocycles. The molecule has 4 aromatic rings. The standard InChI is InChI=1S/C18H13FN6O/c19-13-3-1-4-14(11-13)24-10-6-15(23-24)18(26)22-16-12-20-8-5-17(16)25-9-2-7-21-25/h1-12H,(H,22,26). The molecule has 0 radical (unpaired) electrons. The van der Waals surface area contributed by atoms with Gasteiger partial charge < -0.3 is 5.32 Å². The lowest BCUT2D eigenvalue weighted by atomic mass is 10.3. The number of carbonyl (C=O) groups is 1.